The summed E-state index contributed by atoms with van der Waals surface area (Å²) in [5.41, 5.74) is 11.0. The zero-order valence-electron chi connectivity index (χ0n) is 14.8. The van der Waals surface area contributed by atoms with Crippen LogP contribution in [0.5, 0.6) is 5.75 Å². The Morgan fingerprint density at radius 1 is 1.21 bits per heavy atom. The van der Waals surface area contributed by atoms with Crippen molar-refractivity contribution in [1.82, 2.24) is 0 Å². The van der Waals surface area contributed by atoms with Gasteiger partial charge in [-0.1, -0.05) is 31.2 Å². The van der Waals surface area contributed by atoms with E-state index < -0.39 is 0 Å². The van der Waals surface area contributed by atoms with E-state index in [-0.39, 0.29) is 0 Å². The molecule has 1 heterocycles. The van der Waals surface area contributed by atoms with Crippen LogP contribution in [-0.4, -0.2) is 19.2 Å². The summed E-state index contributed by atoms with van der Waals surface area (Å²) in [6.45, 7) is 6.22. The van der Waals surface area contributed by atoms with Crippen LogP contribution in [0.2, 0.25) is 0 Å². The lowest BCUT2D eigenvalue weighted by atomic mass is 10.1. The van der Waals surface area contributed by atoms with Gasteiger partial charge in [-0.3, -0.25) is 0 Å². The van der Waals surface area contributed by atoms with Crippen molar-refractivity contribution >= 4 is 11.4 Å². The third-order valence-electron chi connectivity index (χ3n) is 4.75. The van der Waals surface area contributed by atoms with Gasteiger partial charge in [-0.05, 0) is 61.9 Å². The van der Waals surface area contributed by atoms with Gasteiger partial charge in [0.05, 0.1) is 12.3 Å². The number of para-hydroxylation sites is 1. The smallest absolute Gasteiger partial charge is 0.142 e. The first-order valence-corrected chi connectivity index (χ1v) is 9.04. The highest BCUT2D eigenvalue weighted by atomic mass is 16.5. The molecule has 0 aliphatic carbocycles. The van der Waals surface area contributed by atoms with Crippen molar-refractivity contribution in [3.05, 3.63) is 53.6 Å². The normalized spacial score (nSPS) is 16.2. The van der Waals surface area contributed by atoms with Crippen LogP contribution < -0.4 is 15.4 Å². The highest BCUT2D eigenvalue weighted by Crippen LogP contribution is 2.32. The predicted molar refractivity (Wildman–Crippen MR) is 102 cm³/mol. The number of hydrogen-bond acceptors (Lipinski definition) is 3. The molecule has 0 saturated heterocycles. The van der Waals surface area contributed by atoms with Crippen LogP contribution >= 0.6 is 0 Å². The maximum atomic E-state index is 6.11. The summed E-state index contributed by atoms with van der Waals surface area (Å²) in [5.74, 6) is 0.808. The van der Waals surface area contributed by atoms with Crippen molar-refractivity contribution in [2.45, 2.75) is 45.6 Å². The highest BCUT2D eigenvalue weighted by Gasteiger charge is 2.24. The van der Waals surface area contributed by atoms with Gasteiger partial charge < -0.3 is 15.4 Å². The summed E-state index contributed by atoms with van der Waals surface area (Å²) in [7, 11) is 0. The topological polar surface area (TPSA) is 38.5 Å². The van der Waals surface area contributed by atoms with E-state index in [1.165, 1.54) is 16.8 Å². The van der Waals surface area contributed by atoms with Crippen molar-refractivity contribution in [1.29, 1.82) is 0 Å². The van der Waals surface area contributed by atoms with Gasteiger partial charge >= 0.3 is 0 Å². The zero-order valence-corrected chi connectivity index (χ0v) is 14.8. The predicted octanol–water partition coefficient (Wildman–Crippen LogP) is 4.44. The fourth-order valence-corrected chi connectivity index (χ4v) is 3.52. The first-order valence-electron chi connectivity index (χ1n) is 9.04. The molecule has 0 fully saturated rings. The Morgan fingerprint density at radius 3 is 2.83 bits per heavy atom. The van der Waals surface area contributed by atoms with E-state index in [2.05, 4.69) is 55.1 Å². The molecular formula is C21H28N2O. The summed E-state index contributed by atoms with van der Waals surface area (Å²) >= 11 is 0. The molecule has 2 N–H and O–H groups in total. The largest absolute Gasteiger partial charge is 0.491 e. The van der Waals surface area contributed by atoms with Crippen LogP contribution in [0.25, 0.3) is 0 Å². The molecule has 0 spiro atoms. The van der Waals surface area contributed by atoms with Crippen molar-refractivity contribution in [3.8, 4) is 5.75 Å². The molecule has 2 aromatic carbocycles. The fraction of sp³-hybridized carbons (Fsp3) is 0.429. The van der Waals surface area contributed by atoms with Gasteiger partial charge in [0.25, 0.3) is 0 Å². The maximum Gasteiger partial charge on any atom is 0.142 e. The average molecular weight is 324 g/mol. The number of benzene rings is 2. The minimum absolute atomic E-state index is 0.595. The van der Waals surface area contributed by atoms with Gasteiger partial charge in [0, 0.05) is 18.3 Å². The number of fused-ring (bicyclic) bond motifs is 1. The summed E-state index contributed by atoms with van der Waals surface area (Å²) < 4.78 is 5.65. The molecule has 1 aliphatic rings. The van der Waals surface area contributed by atoms with Crippen LogP contribution in [0, 0.1) is 0 Å². The summed E-state index contributed by atoms with van der Waals surface area (Å²) in [5, 5.41) is 0. The lowest BCUT2D eigenvalue weighted by Crippen LogP contribution is -2.30. The molecule has 1 atom stereocenters. The Kier molecular flexibility index (Phi) is 5.29. The number of nitrogens with two attached hydrogens (primary N) is 1. The Morgan fingerprint density at radius 2 is 2.04 bits per heavy atom. The van der Waals surface area contributed by atoms with E-state index in [9.17, 15) is 0 Å². The van der Waals surface area contributed by atoms with E-state index >= 15 is 0 Å². The van der Waals surface area contributed by atoms with E-state index in [1.807, 2.05) is 6.07 Å². The van der Waals surface area contributed by atoms with Crippen molar-refractivity contribution < 1.29 is 4.74 Å². The van der Waals surface area contributed by atoms with Crippen LogP contribution in [0.1, 0.15) is 37.8 Å². The van der Waals surface area contributed by atoms with Crippen molar-refractivity contribution in [3.63, 3.8) is 0 Å². The Bertz CT molecular complexity index is 683. The Labute approximate surface area is 145 Å². The summed E-state index contributed by atoms with van der Waals surface area (Å²) in [6, 6.07) is 15.6. The summed E-state index contributed by atoms with van der Waals surface area (Å²) in [4.78, 5) is 2.54. The number of anilines is 2. The van der Waals surface area contributed by atoms with E-state index in [1.54, 1.807) is 0 Å². The van der Waals surface area contributed by atoms with Crippen LogP contribution in [0.3, 0.4) is 0 Å². The lowest BCUT2D eigenvalue weighted by Gasteiger charge is -2.25. The second-order valence-corrected chi connectivity index (χ2v) is 6.70. The number of aryl methyl sites for hydroxylation is 1. The van der Waals surface area contributed by atoms with E-state index in [0.29, 0.717) is 6.04 Å². The van der Waals surface area contributed by atoms with E-state index in [4.69, 9.17) is 10.5 Å². The van der Waals surface area contributed by atoms with Crippen LogP contribution in [-0.2, 0) is 12.8 Å². The highest BCUT2D eigenvalue weighted by molar-refractivity contribution is 5.59. The second-order valence-electron chi connectivity index (χ2n) is 6.70. The first-order chi connectivity index (χ1) is 11.7. The Hall–Kier alpha value is -2.16. The van der Waals surface area contributed by atoms with Gasteiger partial charge in [-0.25, -0.2) is 0 Å². The quantitative estimate of drug-likeness (QED) is 0.765. The fourth-order valence-electron chi connectivity index (χ4n) is 3.52. The standard InChI is InChI=1S/C21H28N2O/c1-3-13-24-21-11-10-17(15-19(21)22)7-6-12-23-16(2)14-18-8-4-5-9-20(18)23/h4-5,8-11,15-16H,3,6-7,12-14,22H2,1-2H3. The molecule has 0 saturated carbocycles. The molecule has 1 aliphatic heterocycles. The van der Waals surface area contributed by atoms with E-state index in [0.717, 1.165) is 50.3 Å². The van der Waals surface area contributed by atoms with Gasteiger partial charge in [0.2, 0.25) is 0 Å². The number of rotatable bonds is 7. The second kappa shape index (κ2) is 7.61. The van der Waals surface area contributed by atoms with Crippen molar-refractivity contribution in [2.75, 3.05) is 23.8 Å². The Balaban J connectivity index is 1.56. The van der Waals surface area contributed by atoms with Crippen LogP contribution in [0.15, 0.2) is 42.5 Å². The number of ether oxygens (including phenoxy) is 1. The molecule has 128 valence electrons. The van der Waals surface area contributed by atoms with Gasteiger partial charge in [-0.15, -0.1) is 0 Å². The lowest BCUT2D eigenvalue weighted by molar-refractivity contribution is 0.319. The molecule has 3 heteroatoms. The van der Waals surface area contributed by atoms with Crippen molar-refractivity contribution in [2.24, 2.45) is 0 Å². The minimum atomic E-state index is 0.595. The zero-order chi connectivity index (χ0) is 16.9. The monoisotopic (exact) mass is 324 g/mol. The SMILES string of the molecule is CCCOc1ccc(CCCN2c3ccccc3CC2C)cc1N. The van der Waals surface area contributed by atoms with Crippen LogP contribution in [0.4, 0.5) is 11.4 Å². The summed E-state index contributed by atoms with van der Waals surface area (Å²) in [6.07, 6.45) is 4.33. The molecule has 0 radical (unpaired) electrons. The van der Waals surface area contributed by atoms with Gasteiger partial charge in [-0.2, -0.15) is 0 Å². The average Bonchev–Trinajstić information content (AvgIpc) is 2.90. The third-order valence-corrected chi connectivity index (χ3v) is 4.75. The molecule has 0 aromatic heterocycles. The van der Waals surface area contributed by atoms with Gasteiger partial charge in [0.1, 0.15) is 5.75 Å². The number of nitrogen functional groups attached to an aromatic ring is 1. The number of hydrogen-bond donors (Lipinski definition) is 1. The maximum absolute atomic E-state index is 6.11. The molecule has 2 aromatic rings. The van der Waals surface area contributed by atoms with Gasteiger partial charge in [0.15, 0.2) is 0 Å². The molecule has 3 rings (SSSR count). The molecular weight excluding hydrogens is 296 g/mol. The minimum Gasteiger partial charge on any atom is -0.491 e. The molecule has 0 amide bonds. The first kappa shape index (κ1) is 16.7. The molecule has 24 heavy (non-hydrogen) atoms. The molecule has 3 nitrogen and oxygen atoms in total. The molecule has 1 unspecified atom stereocenters. The third kappa shape index (κ3) is 3.66. The number of nitrogens with zero attached hydrogens (tertiary/aromatic N) is 1. The molecule has 0 bridgehead atoms.